The van der Waals surface area contributed by atoms with Gasteiger partial charge in [-0.3, -0.25) is 20.3 Å². The summed E-state index contributed by atoms with van der Waals surface area (Å²) in [6, 6.07) is 14.3. The number of amides is 2. The van der Waals surface area contributed by atoms with Crippen molar-refractivity contribution in [3.8, 4) is 5.75 Å². The van der Waals surface area contributed by atoms with Gasteiger partial charge in [-0.05, 0) is 71.5 Å². The van der Waals surface area contributed by atoms with E-state index in [0.717, 1.165) is 22.6 Å². The van der Waals surface area contributed by atoms with Crippen LogP contribution >= 0.6 is 0 Å². The van der Waals surface area contributed by atoms with E-state index in [2.05, 4.69) is 0 Å². The van der Waals surface area contributed by atoms with Crippen LogP contribution in [-0.2, 0) is 6.18 Å². The number of nitrogens with zero attached hydrogens (tertiary/aromatic N) is 1. The highest BCUT2D eigenvalue weighted by molar-refractivity contribution is 6.04. The number of nitrogens with two attached hydrogens (primary N) is 1. The second-order valence-electron chi connectivity index (χ2n) is 8.66. The summed E-state index contributed by atoms with van der Waals surface area (Å²) in [7, 11) is 1.58. The Hall–Kier alpha value is -4.08. The van der Waals surface area contributed by atoms with Crippen molar-refractivity contribution < 1.29 is 27.5 Å². The minimum absolute atomic E-state index is 0.0913. The predicted molar refractivity (Wildman–Crippen MR) is 129 cm³/mol. The van der Waals surface area contributed by atoms with E-state index in [0.29, 0.717) is 31.5 Å². The summed E-state index contributed by atoms with van der Waals surface area (Å²) in [5.74, 6) is -1.40. The molecule has 1 heterocycles. The van der Waals surface area contributed by atoms with Crippen molar-refractivity contribution in [1.82, 2.24) is 10.2 Å². The first kappa shape index (κ1) is 25.0. The summed E-state index contributed by atoms with van der Waals surface area (Å²) in [5.41, 5.74) is 4.59. The summed E-state index contributed by atoms with van der Waals surface area (Å²) < 4.78 is 46.7. The Kier molecular flexibility index (Phi) is 6.87. The molecular weight excluding hydrogens is 473 g/mol. The lowest BCUT2D eigenvalue weighted by atomic mass is 9.85. The summed E-state index contributed by atoms with van der Waals surface area (Å²) in [4.78, 5) is 26.8. The molecule has 1 fully saturated rings. The van der Waals surface area contributed by atoms with Crippen molar-refractivity contribution in [3.05, 3.63) is 76.9 Å². The molecule has 0 unspecified atom stereocenters. The molecule has 0 atom stereocenters. The van der Waals surface area contributed by atoms with Crippen molar-refractivity contribution in [2.45, 2.75) is 24.9 Å². The fourth-order valence-corrected chi connectivity index (χ4v) is 4.55. The number of nitrogens with one attached hydrogen (secondary N) is 2. The van der Waals surface area contributed by atoms with Gasteiger partial charge in [-0.25, -0.2) is 0 Å². The smallest absolute Gasteiger partial charge is 0.416 e. The number of piperidine rings is 1. The minimum Gasteiger partial charge on any atom is -0.497 e. The molecular formula is C26H25F3N4O3. The minimum atomic E-state index is -4.66. The molecule has 0 bridgehead atoms. The van der Waals surface area contributed by atoms with Gasteiger partial charge in [-0.15, -0.1) is 0 Å². The fraction of sp³-hybridized carbons (Fsp3) is 0.269. The van der Waals surface area contributed by atoms with E-state index in [1.54, 1.807) is 24.1 Å². The molecule has 1 aliphatic heterocycles. The Morgan fingerprint density at radius 3 is 2.28 bits per heavy atom. The molecule has 0 aromatic heterocycles. The van der Waals surface area contributed by atoms with E-state index in [1.807, 2.05) is 29.6 Å². The van der Waals surface area contributed by atoms with Gasteiger partial charge >= 0.3 is 6.18 Å². The topological polar surface area (TPSA) is 109 Å². The van der Waals surface area contributed by atoms with Crippen molar-refractivity contribution in [3.63, 3.8) is 0 Å². The number of likely N-dealkylation sites (tertiary alicyclic amines) is 1. The van der Waals surface area contributed by atoms with Crippen LogP contribution in [0.4, 0.5) is 13.2 Å². The number of carbonyl (C=O) groups excluding carboxylic acids is 2. The largest absolute Gasteiger partial charge is 0.497 e. The Bertz CT molecular complexity index is 1330. The van der Waals surface area contributed by atoms with Crippen LogP contribution in [0.25, 0.3) is 10.8 Å². The third-order valence-corrected chi connectivity index (χ3v) is 6.39. The first-order valence-electron chi connectivity index (χ1n) is 11.3. The number of benzene rings is 3. The Morgan fingerprint density at radius 2 is 1.64 bits per heavy atom. The second-order valence-corrected chi connectivity index (χ2v) is 8.66. The zero-order valence-corrected chi connectivity index (χ0v) is 19.5. The Labute approximate surface area is 205 Å². The average Bonchev–Trinajstić information content (AvgIpc) is 2.86. The average molecular weight is 499 g/mol. The molecule has 36 heavy (non-hydrogen) atoms. The third-order valence-electron chi connectivity index (χ3n) is 6.39. The van der Waals surface area contributed by atoms with Crippen LogP contribution in [0.3, 0.4) is 0 Å². The molecule has 0 radical (unpaired) electrons. The zero-order valence-electron chi connectivity index (χ0n) is 19.5. The van der Waals surface area contributed by atoms with Gasteiger partial charge in [0.2, 0.25) is 0 Å². The van der Waals surface area contributed by atoms with Gasteiger partial charge in [0.25, 0.3) is 11.8 Å². The highest BCUT2D eigenvalue weighted by atomic mass is 19.4. The molecule has 7 nitrogen and oxygen atoms in total. The number of fused-ring (bicyclic) bond motifs is 1. The van der Waals surface area contributed by atoms with E-state index in [9.17, 15) is 22.8 Å². The van der Waals surface area contributed by atoms with E-state index >= 15 is 0 Å². The lowest BCUT2D eigenvalue weighted by molar-refractivity contribution is -0.138. The normalized spacial score (nSPS) is 14.5. The molecule has 4 N–H and O–H groups in total. The number of carbonyl (C=O) groups is 2. The monoisotopic (exact) mass is 498 g/mol. The lowest BCUT2D eigenvalue weighted by Gasteiger charge is -2.33. The lowest BCUT2D eigenvalue weighted by Crippen LogP contribution is -2.38. The first-order valence-corrected chi connectivity index (χ1v) is 11.3. The maximum absolute atomic E-state index is 13.8. The van der Waals surface area contributed by atoms with Crippen LogP contribution in [-0.4, -0.2) is 42.9 Å². The summed E-state index contributed by atoms with van der Waals surface area (Å²) in [6.07, 6.45) is -3.94. The third kappa shape index (κ3) is 5.27. The molecule has 1 aliphatic rings. The molecule has 3 aromatic carbocycles. The molecule has 0 spiro atoms. The van der Waals surface area contributed by atoms with Crippen LogP contribution in [0, 0.1) is 5.41 Å². The maximum Gasteiger partial charge on any atom is 0.416 e. The molecule has 1 saturated heterocycles. The van der Waals surface area contributed by atoms with Crippen LogP contribution in [0.1, 0.15) is 50.6 Å². The van der Waals surface area contributed by atoms with Crippen LogP contribution in [0.5, 0.6) is 5.75 Å². The van der Waals surface area contributed by atoms with Crippen molar-refractivity contribution >= 4 is 28.5 Å². The van der Waals surface area contributed by atoms with Gasteiger partial charge in [-0.1, -0.05) is 18.2 Å². The quantitative estimate of drug-likeness (QED) is 0.363. The second kappa shape index (κ2) is 9.88. The molecule has 4 rings (SSSR count). The van der Waals surface area contributed by atoms with E-state index in [4.69, 9.17) is 15.9 Å². The van der Waals surface area contributed by atoms with E-state index in [1.165, 1.54) is 12.1 Å². The first-order chi connectivity index (χ1) is 17.1. The molecule has 0 saturated carbocycles. The molecule has 188 valence electrons. The van der Waals surface area contributed by atoms with Crippen molar-refractivity contribution in [1.29, 1.82) is 5.41 Å². The van der Waals surface area contributed by atoms with Gasteiger partial charge in [0.15, 0.2) is 5.96 Å². The predicted octanol–water partition coefficient (Wildman–Crippen LogP) is 4.51. The molecule has 2 amide bonds. The summed E-state index contributed by atoms with van der Waals surface area (Å²) in [6.45, 7) is 0.627. The Balaban J connectivity index is 1.50. The maximum atomic E-state index is 13.8. The van der Waals surface area contributed by atoms with Crippen molar-refractivity contribution in [2.24, 2.45) is 5.73 Å². The molecule has 10 heteroatoms. The van der Waals surface area contributed by atoms with Gasteiger partial charge in [0.05, 0.1) is 12.7 Å². The number of halogens is 3. The summed E-state index contributed by atoms with van der Waals surface area (Å²) >= 11 is 0. The number of rotatable bonds is 4. The van der Waals surface area contributed by atoms with Crippen LogP contribution in [0.2, 0.25) is 0 Å². The van der Waals surface area contributed by atoms with Crippen molar-refractivity contribution in [2.75, 3.05) is 20.2 Å². The SMILES string of the molecule is COc1ccc2cc(C(=O)N3CCC(c4ccc(C(=O)NC(=N)N)cc4C(F)(F)F)CC3)ccc2c1. The number of hydrogen-bond donors (Lipinski definition) is 3. The number of alkyl halides is 3. The molecule has 0 aliphatic carbocycles. The van der Waals surface area contributed by atoms with Gasteiger partial charge in [0, 0.05) is 24.2 Å². The van der Waals surface area contributed by atoms with Crippen LogP contribution < -0.4 is 15.8 Å². The van der Waals surface area contributed by atoms with Gasteiger partial charge in [-0.2, -0.15) is 13.2 Å². The zero-order chi connectivity index (χ0) is 26.0. The Morgan fingerprint density at radius 1 is 1.00 bits per heavy atom. The van der Waals surface area contributed by atoms with E-state index < -0.39 is 29.5 Å². The van der Waals surface area contributed by atoms with Crippen LogP contribution in [0.15, 0.2) is 54.6 Å². The number of hydrogen-bond acceptors (Lipinski definition) is 4. The molecule has 3 aromatic rings. The standard InChI is InChI=1S/C26H25F3N4O3/c1-36-20-6-4-16-12-19(3-2-17(16)13-20)24(35)33-10-8-15(9-11-33)21-7-5-18(23(34)32-25(30)31)14-22(21)26(27,28)29/h2-7,12-15H,8-11H2,1H3,(H4,30,31,32,34). The van der Waals surface area contributed by atoms with Gasteiger partial charge in [0.1, 0.15) is 5.75 Å². The highest BCUT2D eigenvalue weighted by Gasteiger charge is 2.37. The summed E-state index contributed by atoms with van der Waals surface area (Å²) in [5, 5.41) is 10.9. The highest BCUT2D eigenvalue weighted by Crippen LogP contribution is 2.39. The van der Waals surface area contributed by atoms with E-state index in [-0.39, 0.29) is 17.0 Å². The number of methoxy groups -OCH3 is 1. The number of guanidine groups is 1. The fourth-order valence-electron chi connectivity index (χ4n) is 4.55. The number of ether oxygens (including phenoxy) is 1. The van der Waals surface area contributed by atoms with Gasteiger partial charge < -0.3 is 15.4 Å².